The van der Waals surface area contributed by atoms with Crippen LogP contribution >= 0.6 is 0 Å². The average molecular weight is 327 g/mol. The highest BCUT2D eigenvalue weighted by molar-refractivity contribution is 6.03. The molecule has 0 fully saturated rings. The molecule has 1 aliphatic rings. The summed E-state index contributed by atoms with van der Waals surface area (Å²) in [7, 11) is 1.56. The van der Waals surface area contributed by atoms with Crippen molar-refractivity contribution in [1.29, 1.82) is 0 Å². The normalized spacial score (nSPS) is 13.4. The van der Waals surface area contributed by atoms with Crippen molar-refractivity contribution in [2.24, 2.45) is 0 Å². The van der Waals surface area contributed by atoms with E-state index in [9.17, 15) is 9.59 Å². The summed E-state index contributed by atoms with van der Waals surface area (Å²) in [6, 6.07) is 8.82. The van der Waals surface area contributed by atoms with E-state index in [1.807, 2.05) is 12.1 Å². The molecular formula is C18H21N3O3. The molecule has 0 saturated heterocycles. The Balaban J connectivity index is 1.82. The lowest BCUT2D eigenvalue weighted by atomic mass is 9.90. The van der Waals surface area contributed by atoms with Gasteiger partial charge in [0.15, 0.2) is 0 Å². The van der Waals surface area contributed by atoms with Crippen molar-refractivity contribution in [3.8, 4) is 0 Å². The summed E-state index contributed by atoms with van der Waals surface area (Å²) in [5.41, 5.74) is 3.33. The van der Waals surface area contributed by atoms with Gasteiger partial charge in [0.05, 0.1) is 13.2 Å². The summed E-state index contributed by atoms with van der Waals surface area (Å²) >= 11 is 0. The number of carbonyl (C=O) groups excluding carboxylic acids is 1. The molecule has 0 unspecified atom stereocenters. The number of amides is 1. The molecule has 0 aliphatic heterocycles. The molecule has 0 atom stereocenters. The third kappa shape index (κ3) is 3.54. The second kappa shape index (κ2) is 7.40. The van der Waals surface area contributed by atoms with Gasteiger partial charge in [0.1, 0.15) is 5.69 Å². The van der Waals surface area contributed by atoms with Crippen molar-refractivity contribution >= 4 is 11.6 Å². The Hall–Kier alpha value is -2.47. The Morgan fingerprint density at radius 2 is 2.08 bits per heavy atom. The fraction of sp³-hybridized carbons (Fsp3) is 0.389. The summed E-state index contributed by atoms with van der Waals surface area (Å²) in [5, 5.41) is 7.07. The quantitative estimate of drug-likeness (QED) is 0.912. The maximum Gasteiger partial charge on any atom is 0.276 e. The molecule has 1 aliphatic carbocycles. The Labute approximate surface area is 140 Å². The number of fused-ring (bicyclic) bond motifs is 1. The van der Waals surface area contributed by atoms with Gasteiger partial charge in [-0.3, -0.25) is 9.59 Å². The molecule has 126 valence electrons. The second-order valence-corrected chi connectivity index (χ2v) is 5.88. The Bertz CT molecular complexity index is 798. The number of ether oxygens (including phenoxy) is 1. The monoisotopic (exact) mass is 327 g/mol. The number of rotatable bonds is 5. The van der Waals surface area contributed by atoms with Crippen molar-refractivity contribution in [3.05, 3.63) is 57.5 Å². The molecule has 2 aromatic rings. The molecule has 24 heavy (non-hydrogen) atoms. The SMILES string of the molecule is COCCn1nc(C(=O)Nc2cccc3c2CCCC3)ccc1=O. The minimum Gasteiger partial charge on any atom is -0.383 e. The lowest BCUT2D eigenvalue weighted by Crippen LogP contribution is -2.27. The zero-order valence-electron chi connectivity index (χ0n) is 13.7. The summed E-state index contributed by atoms with van der Waals surface area (Å²) < 4.78 is 6.21. The van der Waals surface area contributed by atoms with Gasteiger partial charge < -0.3 is 10.1 Å². The summed E-state index contributed by atoms with van der Waals surface area (Å²) in [4.78, 5) is 24.3. The van der Waals surface area contributed by atoms with E-state index in [0.29, 0.717) is 13.2 Å². The predicted octanol–water partition coefficient (Wildman–Crippen LogP) is 2.02. The number of hydrogen-bond donors (Lipinski definition) is 1. The second-order valence-electron chi connectivity index (χ2n) is 5.88. The third-order valence-electron chi connectivity index (χ3n) is 4.25. The topological polar surface area (TPSA) is 73.2 Å². The minimum atomic E-state index is -0.305. The summed E-state index contributed by atoms with van der Waals surface area (Å²) in [6.07, 6.45) is 4.36. The molecule has 1 amide bonds. The van der Waals surface area contributed by atoms with Gasteiger partial charge in [0.2, 0.25) is 0 Å². The van der Waals surface area contributed by atoms with Crippen LogP contribution in [0.5, 0.6) is 0 Å². The number of hydrogen-bond acceptors (Lipinski definition) is 4. The van der Waals surface area contributed by atoms with Gasteiger partial charge in [-0.25, -0.2) is 4.68 Å². The number of benzene rings is 1. The number of anilines is 1. The van der Waals surface area contributed by atoms with Crippen LogP contribution in [0, 0.1) is 0 Å². The lowest BCUT2D eigenvalue weighted by molar-refractivity contribution is 0.101. The van der Waals surface area contributed by atoms with Crippen LogP contribution in [0.25, 0.3) is 0 Å². The van der Waals surface area contributed by atoms with Crippen LogP contribution in [0.2, 0.25) is 0 Å². The molecule has 1 aromatic heterocycles. The van der Waals surface area contributed by atoms with Crippen LogP contribution < -0.4 is 10.9 Å². The highest BCUT2D eigenvalue weighted by Gasteiger charge is 2.16. The van der Waals surface area contributed by atoms with Crippen molar-refractivity contribution in [1.82, 2.24) is 9.78 Å². The van der Waals surface area contributed by atoms with E-state index in [4.69, 9.17) is 4.74 Å². The highest BCUT2D eigenvalue weighted by atomic mass is 16.5. The first-order valence-electron chi connectivity index (χ1n) is 8.18. The van der Waals surface area contributed by atoms with E-state index in [1.165, 1.54) is 34.4 Å². The van der Waals surface area contributed by atoms with Crippen molar-refractivity contribution in [3.63, 3.8) is 0 Å². The van der Waals surface area contributed by atoms with E-state index in [1.54, 1.807) is 7.11 Å². The zero-order chi connectivity index (χ0) is 16.9. The van der Waals surface area contributed by atoms with E-state index in [0.717, 1.165) is 24.9 Å². The summed E-state index contributed by atoms with van der Waals surface area (Å²) in [6.45, 7) is 0.682. The highest BCUT2D eigenvalue weighted by Crippen LogP contribution is 2.28. The molecule has 6 nitrogen and oxygen atoms in total. The van der Waals surface area contributed by atoms with E-state index < -0.39 is 0 Å². The smallest absolute Gasteiger partial charge is 0.276 e. The van der Waals surface area contributed by atoms with Gasteiger partial charge in [-0.2, -0.15) is 5.10 Å². The molecule has 6 heteroatoms. The van der Waals surface area contributed by atoms with Crippen molar-refractivity contribution < 1.29 is 9.53 Å². The predicted molar refractivity (Wildman–Crippen MR) is 91.4 cm³/mol. The zero-order valence-corrected chi connectivity index (χ0v) is 13.7. The molecule has 0 bridgehead atoms. The maximum absolute atomic E-state index is 12.5. The number of carbonyl (C=O) groups is 1. The number of aromatic nitrogens is 2. The average Bonchev–Trinajstić information content (AvgIpc) is 2.61. The number of methoxy groups -OCH3 is 1. The fourth-order valence-corrected chi connectivity index (χ4v) is 2.99. The Kier molecular flexibility index (Phi) is 5.05. The summed E-state index contributed by atoms with van der Waals surface area (Å²) in [5.74, 6) is -0.305. The Morgan fingerprint density at radius 1 is 1.25 bits per heavy atom. The van der Waals surface area contributed by atoms with Crippen LogP contribution in [-0.2, 0) is 24.1 Å². The first-order valence-corrected chi connectivity index (χ1v) is 8.18. The van der Waals surface area contributed by atoms with Gasteiger partial charge in [0.25, 0.3) is 11.5 Å². The molecule has 3 rings (SSSR count). The minimum absolute atomic E-state index is 0.221. The van der Waals surface area contributed by atoms with Gasteiger partial charge in [0, 0.05) is 18.9 Å². The third-order valence-corrected chi connectivity index (χ3v) is 4.25. The molecule has 1 N–H and O–H groups in total. The molecular weight excluding hydrogens is 306 g/mol. The van der Waals surface area contributed by atoms with Gasteiger partial charge >= 0.3 is 0 Å². The largest absolute Gasteiger partial charge is 0.383 e. The van der Waals surface area contributed by atoms with Crippen LogP contribution in [0.3, 0.4) is 0 Å². The number of nitrogens with zero attached hydrogens (tertiary/aromatic N) is 2. The van der Waals surface area contributed by atoms with Crippen LogP contribution in [0.4, 0.5) is 5.69 Å². The van der Waals surface area contributed by atoms with Crippen molar-refractivity contribution in [2.75, 3.05) is 19.0 Å². The molecule has 1 aromatic carbocycles. The maximum atomic E-state index is 12.5. The van der Waals surface area contributed by atoms with Crippen LogP contribution in [0.1, 0.15) is 34.5 Å². The standard InChI is InChI=1S/C18H21N3O3/c1-24-12-11-21-17(22)10-9-16(20-21)18(23)19-15-8-4-6-13-5-2-3-7-14(13)15/h4,6,8-10H,2-3,5,7,11-12H2,1H3,(H,19,23). The molecule has 0 saturated carbocycles. The van der Waals surface area contributed by atoms with Gasteiger partial charge in [-0.05, 0) is 48.9 Å². The molecule has 0 radical (unpaired) electrons. The molecule has 0 spiro atoms. The first kappa shape index (κ1) is 16.4. The van der Waals surface area contributed by atoms with E-state index >= 15 is 0 Å². The van der Waals surface area contributed by atoms with Crippen LogP contribution in [0.15, 0.2) is 35.1 Å². The van der Waals surface area contributed by atoms with Crippen molar-refractivity contribution in [2.45, 2.75) is 32.2 Å². The first-order chi connectivity index (χ1) is 11.7. The Morgan fingerprint density at radius 3 is 2.92 bits per heavy atom. The van der Waals surface area contributed by atoms with E-state index in [2.05, 4.69) is 16.5 Å². The van der Waals surface area contributed by atoms with Crippen LogP contribution in [-0.4, -0.2) is 29.4 Å². The van der Waals surface area contributed by atoms with E-state index in [-0.39, 0.29) is 17.2 Å². The number of aryl methyl sites for hydroxylation is 1. The number of nitrogens with one attached hydrogen (secondary N) is 1. The lowest BCUT2D eigenvalue weighted by Gasteiger charge is -2.19. The fourth-order valence-electron chi connectivity index (χ4n) is 2.99. The van der Waals surface area contributed by atoms with Gasteiger partial charge in [-0.15, -0.1) is 0 Å². The van der Waals surface area contributed by atoms with Gasteiger partial charge in [-0.1, -0.05) is 12.1 Å². The molecule has 1 heterocycles.